The first kappa shape index (κ1) is 20.3. The fraction of sp³-hybridized carbons (Fsp3) is 0.375. The van der Waals surface area contributed by atoms with Crippen LogP contribution in [0.1, 0.15) is 5.56 Å². The van der Waals surface area contributed by atoms with E-state index in [-0.39, 0.29) is 12.1 Å². The molecule has 0 fully saturated rings. The second kappa shape index (κ2) is 10.9. The second-order valence-corrected chi connectivity index (χ2v) is 7.68. The smallest absolute Gasteiger partial charge is 0.126 e. The van der Waals surface area contributed by atoms with Crippen LogP contribution in [-0.2, 0) is 6.42 Å². The number of benzene rings is 1. The molecule has 0 spiro atoms. The maximum Gasteiger partial charge on any atom is 0.126 e. The molecule has 2 unspecified atom stereocenters. The average molecular weight is 448 g/mol. The molecule has 3 atom stereocenters. The summed E-state index contributed by atoms with van der Waals surface area (Å²) in [7, 11) is 1.60. The van der Waals surface area contributed by atoms with E-state index in [1.165, 1.54) is 0 Å². The minimum atomic E-state index is -0.797. The van der Waals surface area contributed by atoms with E-state index in [1.54, 1.807) is 8.93 Å². The largest absolute Gasteiger partial charge is 0.401 e. The third-order valence-corrected chi connectivity index (χ3v) is 4.93. The van der Waals surface area contributed by atoms with Crippen LogP contribution in [-0.4, -0.2) is 35.7 Å². The lowest BCUT2D eigenvalue weighted by Gasteiger charge is -2.29. The van der Waals surface area contributed by atoms with E-state index in [4.69, 9.17) is 11.5 Å². The molecule has 7 N–H and O–H groups in total. The molecule has 5 nitrogen and oxygen atoms in total. The van der Waals surface area contributed by atoms with Gasteiger partial charge in [0.05, 0.1) is 12.1 Å². The molecule has 23 heavy (non-hydrogen) atoms. The number of rotatable bonds is 11. The molecule has 0 saturated carbocycles. The van der Waals surface area contributed by atoms with Crippen molar-refractivity contribution in [3.8, 4) is 0 Å². The van der Waals surface area contributed by atoms with Gasteiger partial charge in [-0.05, 0) is 33.2 Å². The number of aliphatic hydroxyl groups is 1. The topological polar surface area (TPSA) is 96.3 Å². The summed E-state index contributed by atoms with van der Waals surface area (Å²) in [6, 6.07) is 9.53. The number of nitrogens with one attached hydrogen (secondary N) is 2. The van der Waals surface area contributed by atoms with Gasteiger partial charge in [-0.2, -0.15) is 0 Å². The van der Waals surface area contributed by atoms with Gasteiger partial charge in [0.25, 0.3) is 0 Å². The van der Waals surface area contributed by atoms with Crippen molar-refractivity contribution in [2.45, 2.75) is 24.7 Å². The zero-order valence-corrected chi connectivity index (χ0v) is 16.0. The van der Waals surface area contributed by atoms with E-state index < -0.39 is 6.23 Å². The van der Waals surface area contributed by atoms with E-state index in [2.05, 4.69) is 45.0 Å². The number of aliphatic hydroxyl groups excluding tert-OH is 1. The molecule has 128 valence electrons. The van der Waals surface area contributed by atoms with Crippen LogP contribution in [0.2, 0.25) is 0 Å². The highest BCUT2D eigenvalue weighted by Crippen LogP contribution is 2.15. The van der Waals surface area contributed by atoms with Crippen LogP contribution < -0.4 is 22.1 Å². The molecule has 0 aliphatic carbocycles. The first-order chi connectivity index (χ1) is 11.0. The molecule has 1 aromatic carbocycles. The van der Waals surface area contributed by atoms with Gasteiger partial charge in [0.15, 0.2) is 0 Å². The normalized spacial score (nSPS) is 14.7. The Kier molecular flexibility index (Phi) is 9.65. The van der Waals surface area contributed by atoms with Gasteiger partial charge in [0.2, 0.25) is 0 Å². The van der Waals surface area contributed by atoms with Crippen LogP contribution >= 0.6 is 30.1 Å². The Bertz CT molecular complexity index is 500. The van der Waals surface area contributed by atoms with Gasteiger partial charge in [-0.25, -0.2) is 0 Å². The van der Waals surface area contributed by atoms with Crippen molar-refractivity contribution in [2.24, 2.45) is 11.5 Å². The van der Waals surface area contributed by atoms with E-state index in [0.29, 0.717) is 30.1 Å². The Balaban J connectivity index is 2.72. The van der Waals surface area contributed by atoms with Crippen molar-refractivity contribution < 1.29 is 5.11 Å². The highest BCUT2D eigenvalue weighted by atomic mass is 127. The van der Waals surface area contributed by atoms with Gasteiger partial charge in [0, 0.05) is 23.7 Å². The monoisotopic (exact) mass is 448 g/mol. The van der Waals surface area contributed by atoms with E-state index in [9.17, 15) is 5.11 Å². The molecule has 0 bridgehead atoms. The lowest BCUT2D eigenvalue weighted by Crippen LogP contribution is -2.54. The summed E-state index contributed by atoms with van der Waals surface area (Å²) in [6.07, 6.45) is -0.135. The van der Waals surface area contributed by atoms with Crippen LogP contribution in [0, 0.1) is 0 Å². The Labute approximate surface area is 154 Å². The van der Waals surface area contributed by atoms with E-state index in [1.807, 2.05) is 30.3 Å². The highest BCUT2D eigenvalue weighted by molar-refractivity contribution is 14.2. The van der Waals surface area contributed by atoms with Crippen molar-refractivity contribution in [1.29, 1.82) is 0 Å². The summed E-state index contributed by atoms with van der Waals surface area (Å²) in [6.45, 7) is 7.98. The van der Waals surface area contributed by atoms with Gasteiger partial charge in [-0.1, -0.05) is 52.4 Å². The zero-order valence-electron chi connectivity index (χ0n) is 13.0. The van der Waals surface area contributed by atoms with Crippen molar-refractivity contribution in [1.82, 2.24) is 10.6 Å². The summed E-state index contributed by atoms with van der Waals surface area (Å²) < 4.78 is 0. The molecule has 0 aromatic heterocycles. The third-order valence-electron chi connectivity index (χ3n) is 3.36. The third kappa shape index (κ3) is 7.58. The highest BCUT2D eigenvalue weighted by Gasteiger charge is 2.23. The number of hydrogen-bond donors (Lipinski definition) is 5. The number of nitrogens with two attached hydrogens (primary N) is 2. The zero-order chi connectivity index (χ0) is 17.2. The van der Waals surface area contributed by atoms with E-state index in [0.717, 1.165) is 5.56 Å². The lowest BCUT2D eigenvalue weighted by molar-refractivity contribution is 0.0968. The predicted molar refractivity (Wildman–Crippen MR) is 108 cm³/mol. The fourth-order valence-electron chi connectivity index (χ4n) is 2.07. The minimum absolute atomic E-state index is 0.217. The van der Waals surface area contributed by atoms with Crippen molar-refractivity contribution in [3.05, 3.63) is 60.4 Å². The Morgan fingerprint density at radius 2 is 1.96 bits per heavy atom. The lowest BCUT2D eigenvalue weighted by atomic mass is 10.0. The maximum atomic E-state index is 10.5. The molecular formula is C16H25IN4OS. The molecule has 1 rings (SSSR count). The van der Waals surface area contributed by atoms with Crippen LogP contribution in [0.3, 0.4) is 0 Å². The summed E-state index contributed by atoms with van der Waals surface area (Å²) >= 11 is 2.20. The predicted octanol–water partition coefficient (Wildman–Crippen LogP) is 1.49. The van der Waals surface area contributed by atoms with Gasteiger partial charge < -0.3 is 21.9 Å². The summed E-state index contributed by atoms with van der Waals surface area (Å²) in [4.78, 5) is 0. The molecular weight excluding hydrogens is 423 g/mol. The van der Waals surface area contributed by atoms with Crippen LogP contribution in [0.15, 0.2) is 54.9 Å². The molecule has 0 heterocycles. The van der Waals surface area contributed by atoms with Gasteiger partial charge in [-0.3, -0.25) is 5.32 Å². The second-order valence-electron chi connectivity index (χ2n) is 5.26. The SMILES string of the molecule is C=C(CN)N[C@@H](CSI)C(O)NC(Cc1ccccc1)C(=C)N. The summed E-state index contributed by atoms with van der Waals surface area (Å²) in [5, 5.41) is 16.8. The summed E-state index contributed by atoms with van der Waals surface area (Å²) in [5.41, 5.74) is 13.8. The minimum Gasteiger partial charge on any atom is -0.401 e. The van der Waals surface area contributed by atoms with Crippen molar-refractivity contribution in [3.63, 3.8) is 0 Å². The molecule has 1 aromatic rings. The molecule has 0 saturated heterocycles. The van der Waals surface area contributed by atoms with Crippen LogP contribution in [0.25, 0.3) is 0 Å². The van der Waals surface area contributed by atoms with Gasteiger partial charge in [0.1, 0.15) is 6.23 Å². The van der Waals surface area contributed by atoms with Crippen LogP contribution in [0.4, 0.5) is 0 Å². The summed E-state index contributed by atoms with van der Waals surface area (Å²) in [5.74, 6) is 0.697. The Morgan fingerprint density at radius 1 is 1.30 bits per heavy atom. The number of hydrogen-bond acceptors (Lipinski definition) is 6. The number of halogens is 1. The Hall–Kier alpha value is -0.740. The molecule has 0 radical (unpaired) electrons. The molecule has 0 aliphatic rings. The Morgan fingerprint density at radius 3 is 2.48 bits per heavy atom. The molecule has 0 aliphatic heterocycles. The first-order valence-electron chi connectivity index (χ1n) is 7.28. The van der Waals surface area contributed by atoms with Crippen molar-refractivity contribution in [2.75, 3.05) is 12.3 Å². The fourth-order valence-corrected chi connectivity index (χ4v) is 3.63. The van der Waals surface area contributed by atoms with Crippen molar-refractivity contribution >= 4 is 30.1 Å². The van der Waals surface area contributed by atoms with Gasteiger partial charge in [-0.15, -0.1) is 0 Å². The first-order valence-corrected chi connectivity index (χ1v) is 10.8. The van der Waals surface area contributed by atoms with Gasteiger partial charge >= 0.3 is 0 Å². The van der Waals surface area contributed by atoms with Crippen LogP contribution in [0.5, 0.6) is 0 Å². The average Bonchev–Trinajstić information content (AvgIpc) is 2.54. The molecule has 7 heteroatoms. The van der Waals surface area contributed by atoms with E-state index >= 15 is 0 Å². The standard InChI is InChI=1S/C16H25IN4OS/c1-11(9-18)20-15(10-23-17)16(22)21-14(12(2)19)8-13-6-4-3-5-7-13/h3-7,14-16,20-22H,1-2,8-10,18-19H2/t14?,15-,16?/m0/s1. The quantitative estimate of drug-likeness (QED) is 0.260. The maximum absolute atomic E-state index is 10.5. The molecule has 0 amide bonds.